The molecule has 6 heteroatoms. The van der Waals surface area contributed by atoms with Gasteiger partial charge >= 0.3 is 5.97 Å². The summed E-state index contributed by atoms with van der Waals surface area (Å²) in [4.78, 5) is 11.5. The Kier molecular flexibility index (Phi) is 3.75. The molecule has 0 unspecified atom stereocenters. The number of nitrogens with zero attached hydrogens (tertiary/aromatic N) is 3. The normalized spacial score (nSPS) is 11.2. The molecule has 0 bridgehead atoms. The summed E-state index contributed by atoms with van der Waals surface area (Å²) in [6.07, 6.45) is 0. The molecule has 0 radical (unpaired) electrons. The molecule has 21 heavy (non-hydrogen) atoms. The van der Waals surface area contributed by atoms with Crippen LogP contribution in [0.2, 0.25) is 5.15 Å². The lowest BCUT2D eigenvalue weighted by Crippen LogP contribution is -2.16. The first-order valence-corrected chi connectivity index (χ1v) is 6.66. The molecule has 0 amide bonds. The number of nitriles is 1. The molecule has 1 heterocycles. The molecule has 1 aromatic carbocycles. The number of hydrogen-bond acceptors (Lipinski definition) is 3. The fraction of sp³-hybridized carbons (Fsp3) is 0.267. The molecule has 0 saturated carbocycles. The second-order valence-corrected chi connectivity index (χ2v) is 6.00. The number of aromatic carboxylic acids is 1. The first kappa shape index (κ1) is 15.1. The van der Waals surface area contributed by atoms with E-state index in [9.17, 15) is 9.90 Å². The van der Waals surface area contributed by atoms with Crippen LogP contribution in [-0.2, 0) is 5.41 Å². The molecule has 5 nitrogen and oxygen atoms in total. The van der Waals surface area contributed by atoms with Gasteiger partial charge in [-0.05, 0) is 18.2 Å². The van der Waals surface area contributed by atoms with E-state index in [-0.39, 0.29) is 10.7 Å². The third-order valence-electron chi connectivity index (χ3n) is 2.97. The zero-order valence-corrected chi connectivity index (χ0v) is 12.6. The summed E-state index contributed by atoms with van der Waals surface area (Å²) in [7, 11) is 0. The van der Waals surface area contributed by atoms with Crippen LogP contribution < -0.4 is 0 Å². The van der Waals surface area contributed by atoms with E-state index >= 15 is 0 Å². The van der Waals surface area contributed by atoms with E-state index in [4.69, 9.17) is 16.9 Å². The Labute approximate surface area is 127 Å². The highest BCUT2D eigenvalue weighted by Crippen LogP contribution is 2.31. The molecular formula is C15H14ClN3O2. The quantitative estimate of drug-likeness (QED) is 0.922. The van der Waals surface area contributed by atoms with Crippen LogP contribution >= 0.6 is 11.6 Å². The monoisotopic (exact) mass is 303 g/mol. The number of benzene rings is 1. The fourth-order valence-corrected chi connectivity index (χ4v) is 2.30. The summed E-state index contributed by atoms with van der Waals surface area (Å²) in [6, 6.07) is 8.71. The van der Waals surface area contributed by atoms with Gasteiger partial charge in [0, 0.05) is 5.41 Å². The molecule has 0 aliphatic rings. The summed E-state index contributed by atoms with van der Waals surface area (Å²) in [6.45, 7) is 5.61. The smallest absolute Gasteiger partial charge is 0.340 e. The van der Waals surface area contributed by atoms with Crippen LogP contribution in [0.3, 0.4) is 0 Å². The van der Waals surface area contributed by atoms with E-state index in [1.165, 1.54) is 4.68 Å². The number of halogens is 1. The molecule has 0 fully saturated rings. The standard InChI is InChI=1S/C15H14ClN3O2/c1-15(2,3)12-11(14(20)21)13(16)19(18-12)10-6-4-5-9(7-10)8-17/h4-7H,1-3H3,(H,20,21). The van der Waals surface area contributed by atoms with E-state index in [1.54, 1.807) is 24.3 Å². The van der Waals surface area contributed by atoms with Gasteiger partial charge in [-0.1, -0.05) is 38.4 Å². The number of carboxylic acids is 1. The molecule has 0 atom stereocenters. The van der Waals surface area contributed by atoms with Crippen LogP contribution in [0.4, 0.5) is 0 Å². The van der Waals surface area contributed by atoms with E-state index in [0.29, 0.717) is 16.9 Å². The number of aromatic nitrogens is 2. The van der Waals surface area contributed by atoms with Crippen LogP contribution in [0.1, 0.15) is 42.4 Å². The third kappa shape index (κ3) is 2.76. The number of hydrogen-bond donors (Lipinski definition) is 1. The molecule has 0 spiro atoms. The van der Waals surface area contributed by atoms with Crippen molar-refractivity contribution in [3.63, 3.8) is 0 Å². The molecule has 108 valence electrons. The van der Waals surface area contributed by atoms with Gasteiger partial charge in [0.15, 0.2) is 0 Å². The van der Waals surface area contributed by atoms with Crippen molar-refractivity contribution < 1.29 is 9.90 Å². The Morgan fingerprint density at radius 1 is 1.43 bits per heavy atom. The van der Waals surface area contributed by atoms with Crippen molar-refractivity contribution in [3.05, 3.63) is 46.2 Å². The lowest BCUT2D eigenvalue weighted by molar-refractivity contribution is 0.0694. The fourth-order valence-electron chi connectivity index (χ4n) is 1.99. The van der Waals surface area contributed by atoms with Crippen molar-refractivity contribution in [2.24, 2.45) is 0 Å². The van der Waals surface area contributed by atoms with Crippen LogP contribution in [0, 0.1) is 11.3 Å². The van der Waals surface area contributed by atoms with Crippen molar-refractivity contribution >= 4 is 17.6 Å². The highest BCUT2D eigenvalue weighted by Gasteiger charge is 2.30. The maximum absolute atomic E-state index is 11.5. The first-order valence-electron chi connectivity index (χ1n) is 6.28. The molecule has 0 saturated heterocycles. The molecule has 1 N–H and O–H groups in total. The number of carbonyl (C=O) groups is 1. The van der Waals surface area contributed by atoms with E-state index < -0.39 is 11.4 Å². The average molecular weight is 304 g/mol. The minimum Gasteiger partial charge on any atom is -0.478 e. The summed E-state index contributed by atoms with van der Waals surface area (Å²) in [5, 5.41) is 22.7. The Morgan fingerprint density at radius 2 is 2.10 bits per heavy atom. The largest absolute Gasteiger partial charge is 0.478 e. The minimum absolute atomic E-state index is 0.00785. The zero-order valence-electron chi connectivity index (χ0n) is 11.9. The maximum Gasteiger partial charge on any atom is 0.340 e. The van der Waals surface area contributed by atoms with Gasteiger partial charge in [-0.2, -0.15) is 10.4 Å². The SMILES string of the molecule is CC(C)(C)c1nn(-c2cccc(C#N)c2)c(Cl)c1C(=O)O. The Hall–Kier alpha value is -2.32. The Morgan fingerprint density at radius 3 is 2.57 bits per heavy atom. The van der Waals surface area contributed by atoms with Gasteiger partial charge in [-0.3, -0.25) is 0 Å². The van der Waals surface area contributed by atoms with E-state index in [2.05, 4.69) is 5.10 Å². The van der Waals surface area contributed by atoms with Gasteiger partial charge in [-0.15, -0.1) is 0 Å². The van der Waals surface area contributed by atoms with Gasteiger partial charge in [0.25, 0.3) is 0 Å². The van der Waals surface area contributed by atoms with Gasteiger partial charge in [0.1, 0.15) is 10.7 Å². The molecule has 1 aromatic heterocycles. The van der Waals surface area contributed by atoms with Gasteiger partial charge in [-0.25, -0.2) is 9.48 Å². The van der Waals surface area contributed by atoms with Gasteiger partial charge in [0.05, 0.1) is 23.0 Å². The van der Waals surface area contributed by atoms with Crippen molar-refractivity contribution in [1.29, 1.82) is 5.26 Å². The molecule has 2 aromatic rings. The Bertz CT molecular complexity index is 751. The molecule has 2 rings (SSSR count). The molecule has 0 aliphatic carbocycles. The second kappa shape index (κ2) is 5.23. The summed E-state index contributed by atoms with van der Waals surface area (Å²) < 4.78 is 1.35. The Balaban J connectivity index is 2.71. The van der Waals surface area contributed by atoms with Crippen LogP contribution in [0.15, 0.2) is 24.3 Å². The summed E-state index contributed by atoms with van der Waals surface area (Å²) in [5.74, 6) is -1.12. The summed E-state index contributed by atoms with van der Waals surface area (Å²) >= 11 is 6.20. The number of rotatable bonds is 2. The zero-order chi connectivity index (χ0) is 15.8. The topological polar surface area (TPSA) is 78.9 Å². The van der Waals surface area contributed by atoms with E-state index in [0.717, 1.165) is 0 Å². The van der Waals surface area contributed by atoms with Crippen LogP contribution in [0.5, 0.6) is 0 Å². The van der Waals surface area contributed by atoms with Crippen molar-refractivity contribution in [2.75, 3.05) is 0 Å². The minimum atomic E-state index is -1.12. The second-order valence-electron chi connectivity index (χ2n) is 5.64. The van der Waals surface area contributed by atoms with E-state index in [1.807, 2.05) is 26.8 Å². The number of carboxylic acid groups (broad SMARTS) is 1. The van der Waals surface area contributed by atoms with Crippen LogP contribution in [0.25, 0.3) is 5.69 Å². The third-order valence-corrected chi connectivity index (χ3v) is 3.32. The van der Waals surface area contributed by atoms with Gasteiger partial charge < -0.3 is 5.11 Å². The average Bonchev–Trinajstić information content (AvgIpc) is 2.76. The molecular weight excluding hydrogens is 290 g/mol. The summed E-state index contributed by atoms with van der Waals surface area (Å²) in [5.41, 5.74) is 0.939. The maximum atomic E-state index is 11.5. The van der Waals surface area contributed by atoms with Gasteiger partial charge in [0.2, 0.25) is 0 Å². The lowest BCUT2D eigenvalue weighted by Gasteiger charge is -2.15. The van der Waals surface area contributed by atoms with Crippen molar-refractivity contribution in [3.8, 4) is 11.8 Å². The first-order chi connectivity index (χ1) is 9.75. The van der Waals surface area contributed by atoms with Crippen molar-refractivity contribution in [1.82, 2.24) is 9.78 Å². The highest BCUT2D eigenvalue weighted by atomic mass is 35.5. The predicted octanol–water partition coefficient (Wildman–Crippen LogP) is 3.39. The highest BCUT2D eigenvalue weighted by molar-refractivity contribution is 6.33. The van der Waals surface area contributed by atoms with Crippen molar-refractivity contribution in [2.45, 2.75) is 26.2 Å². The predicted molar refractivity (Wildman–Crippen MR) is 78.9 cm³/mol. The lowest BCUT2D eigenvalue weighted by atomic mass is 9.89. The molecule has 0 aliphatic heterocycles. The van der Waals surface area contributed by atoms with Crippen LogP contribution in [-0.4, -0.2) is 20.9 Å².